The highest BCUT2D eigenvalue weighted by molar-refractivity contribution is 5.96. The number of hydrogen-bond donors (Lipinski definition) is 1. The number of nitrogens with zero attached hydrogens (tertiary/aromatic N) is 1. The summed E-state index contributed by atoms with van der Waals surface area (Å²) in [6.07, 6.45) is 1.68. The Hall–Kier alpha value is -4.19. The van der Waals surface area contributed by atoms with Crippen molar-refractivity contribution in [3.8, 4) is 17.2 Å². The number of benzene rings is 3. The number of pyridine rings is 1. The van der Waals surface area contributed by atoms with Gasteiger partial charge in [0.05, 0.1) is 12.6 Å². The van der Waals surface area contributed by atoms with Gasteiger partial charge in [-0.25, -0.2) is 0 Å². The minimum Gasteiger partial charge on any atom is -0.497 e. The topological polar surface area (TPSA) is 77.5 Å². The summed E-state index contributed by atoms with van der Waals surface area (Å²) >= 11 is 0. The maximum Gasteiger partial charge on any atom is 0.251 e. The number of Topliss-reactive ketones (excluding diaryl/α,β-unsaturated/α-hetero) is 1. The van der Waals surface area contributed by atoms with Crippen LogP contribution < -0.4 is 14.8 Å². The van der Waals surface area contributed by atoms with Gasteiger partial charge in [0.15, 0.2) is 5.78 Å². The Kier molecular flexibility index (Phi) is 6.36. The summed E-state index contributed by atoms with van der Waals surface area (Å²) in [5.41, 5.74) is 3.49. The van der Waals surface area contributed by atoms with E-state index in [1.165, 1.54) is 6.92 Å². The molecular weight excluding hydrogens is 416 g/mol. The largest absolute Gasteiger partial charge is 0.497 e. The molecule has 4 aromatic rings. The summed E-state index contributed by atoms with van der Waals surface area (Å²) < 4.78 is 11.5. The van der Waals surface area contributed by atoms with E-state index in [1.54, 1.807) is 43.6 Å². The van der Waals surface area contributed by atoms with E-state index in [-0.39, 0.29) is 11.7 Å². The number of carbonyl (C=O) groups is 2. The first-order valence-electron chi connectivity index (χ1n) is 10.5. The average Bonchev–Trinajstić information content (AvgIpc) is 2.83. The lowest BCUT2D eigenvalue weighted by Gasteiger charge is -2.14. The summed E-state index contributed by atoms with van der Waals surface area (Å²) in [6.45, 7) is 3.70. The van der Waals surface area contributed by atoms with E-state index in [0.29, 0.717) is 29.2 Å². The molecule has 166 valence electrons. The minimum absolute atomic E-state index is 0.00838. The highest BCUT2D eigenvalue weighted by atomic mass is 16.5. The van der Waals surface area contributed by atoms with Gasteiger partial charge >= 0.3 is 0 Å². The fourth-order valence-electron chi connectivity index (χ4n) is 3.58. The molecule has 0 saturated heterocycles. The fourth-order valence-corrected chi connectivity index (χ4v) is 3.58. The molecule has 0 aliphatic rings. The van der Waals surface area contributed by atoms with E-state index >= 15 is 0 Å². The lowest BCUT2D eigenvalue weighted by Crippen LogP contribution is -2.23. The van der Waals surface area contributed by atoms with Gasteiger partial charge in [-0.15, -0.1) is 0 Å². The summed E-state index contributed by atoms with van der Waals surface area (Å²) in [7, 11) is 1.61. The molecule has 0 unspecified atom stereocenters. The molecule has 4 rings (SSSR count). The van der Waals surface area contributed by atoms with Crippen molar-refractivity contribution in [3.05, 3.63) is 95.2 Å². The Morgan fingerprint density at radius 2 is 1.79 bits per heavy atom. The van der Waals surface area contributed by atoms with Crippen molar-refractivity contribution in [2.75, 3.05) is 7.11 Å². The third-order valence-electron chi connectivity index (χ3n) is 5.45. The Morgan fingerprint density at radius 1 is 0.970 bits per heavy atom. The number of aromatic nitrogens is 1. The van der Waals surface area contributed by atoms with Crippen LogP contribution >= 0.6 is 0 Å². The SMILES string of the molecule is COc1ccc2c(Oc3cccc(C(=O)NCc4cccc(C(C)=O)c4)c3C)ccnc2c1. The summed E-state index contributed by atoms with van der Waals surface area (Å²) in [6, 6.07) is 20.0. The number of methoxy groups -OCH3 is 1. The van der Waals surface area contributed by atoms with Gasteiger partial charge < -0.3 is 14.8 Å². The van der Waals surface area contributed by atoms with Gasteiger partial charge in [0.2, 0.25) is 0 Å². The molecule has 3 aromatic carbocycles. The highest BCUT2D eigenvalue weighted by Gasteiger charge is 2.14. The van der Waals surface area contributed by atoms with Crippen molar-refractivity contribution in [2.45, 2.75) is 20.4 Å². The highest BCUT2D eigenvalue weighted by Crippen LogP contribution is 2.33. The van der Waals surface area contributed by atoms with Crippen LogP contribution in [0, 0.1) is 6.92 Å². The Morgan fingerprint density at radius 3 is 2.58 bits per heavy atom. The van der Waals surface area contributed by atoms with Gasteiger partial charge in [-0.1, -0.05) is 24.3 Å². The molecule has 33 heavy (non-hydrogen) atoms. The van der Waals surface area contributed by atoms with Crippen LogP contribution in [0.2, 0.25) is 0 Å². The molecule has 6 nitrogen and oxygen atoms in total. The first-order valence-corrected chi connectivity index (χ1v) is 10.5. The average molecular weight is 440 g/mol. The van der Waals surface area contributed by atoms with Crippen LogP contribution in [0.5, 0.6) is 17.2 Å². The Bertz CT molecular complexity index is 1350. The summed E-state index contributed by atoms with van der Waals surface area (Å²) in [5.74, 6) is 1.73. The van der Waals surface area contributed by atoms with Crippen LogP contribution in [0.15, 0.2) is 72.9 Å². The predicted octanol–water partition coefficient (Wildman–Crippen LogP) is 5.48. The molecule has 0 aliphatic heterocycles. The van der Waals surface area contributed by atoms with Gasteiger partial charge in [-0.05, 0) is 55.8 Å². The zero-order valence-corrected chi connectivity index (χ0v) is 18.7. The van der Waals surface area contributed by atoms with Gasteiger partial charge in [0.1, 0.15) is 17.2 Å². The molecule has 0 saturated carbocycles. The number of carbonyl (C=O) groups excluding carboxylic acids is 2. The van der Waals surface area contributed by atoms with Gasteiger partial charge in [-0.2, -0.15) is 0 Å². The summed E-state index contributed by atoms with van der Waals surface area (Å²) in [4.78, 5) is 28.9. The monoisotopic (exact) mass is 440 g/mol. The van der Waals surface area contributed by atoms with Crippen LogP contribution in [0.4, 0.5) is 0 Å². The third-order valence-corrected chi connectivity index (χ3v) is 5.45. The summed E-state index contributed by atoms with van der Waals surface area (Å²) in [5, 5.41) is 3.77. The van der Waals surface area contributed by atoms with E-state index in [0.717, 1.165) is 27.8 Å². The second-order valence-corrected chi connectivity index (χ2v) is 7.66. The van der Waals surface area contributed by atoms with Crippen molar-refractivity contribution < 1.29 is 19.1 Å². The Balaban J connectivity index is 1.54. The van der Waals surface area contributed by atoms with E-state index in [1.807, 2.05) is 43.3 Å². The first kappa shape index (κ1) is 22.0. The normalized spacial score (nSPS) is 10.6. The molecule has 0 aliphatic carbocycles. The smallest absolute Gasteiger partial charge is 0.251 e. The third kappa shape index (κ3) is 4.85. The molecule has 0 atom stereocenters. The molecule has 0 fully saturated rings. The molecule has 1 aromatic heterocycles. The van der Waals surface area contributed by atoms with Gasteiger partial charge in [0.25, 0.3) is 5.91 Å². The van der Waals surface area contributed by atoms with E-state index < -0.39 is 0 Å². The standard InChI is InChI=1S/C27H24N2O4/c1-17-22(27(31)29-16-19-6-4-7-20(14-19)18(2)30)8-5-9-25(17)33-26-12-13-28-24-15-21(32-3)10-11-23(24)26/h4-15H,16H2,1-3H3,(H,29,31). The van der Waals surface area contributed by atoms with Crippen LogP contribution in [0.25, 0.3) is 10.9 Å². The number of rotatable bonds is 7. The fraction of sp³-hybridized carbons (Fsp3) is 0.148. The molecule has 0 spiro atoms. The van der Waals surface area contributed by atoms with Crippen molar-refractivity contribution in [3.63, 3.8) is 0 Å². The van der Waals surface area contributed by atoms with E-state index in [2.05, 4.69) is 10.3 Å². The second-order valence-electron chi connectivity index (χ2n) is 7.66. The maximum atomic E-state index is 12.9. The second kappa shape index (κ2) is 9.53. The molecule has 0 bridgehead atoms. The zero-order chi connectivity index (χ0) is 23.4. The number of fused-ring (bicyclic) bond motifs is 1. The predicted molar refractivity (Wildman–Crippen MR) is 127 cm³/mol. The van der Waals surface area contributed by atoms with E-state index in [9.17, 15) is 9.59 Å². The van der Waals surface area contributed by atoms with Crippen LogP contribution in [0.3, 0.4) is 0 Å². The van der Waals surface area contributed by atoms with Crippen molar-refractivity contribution >= 4 is 22.6 Å². The van der Waals surface area contributed by atoms with Crippen molar-refractivity contribution in [2.24, 2.45) is 0 Å². The van der Waals surface area contributed by atoms with Crippen LogP contribution in [-0.2, 0) is 6.54 Å². The van der Waals surface area contributed by atoms with Gasteiger partial charge in [0, 0.05) is 40.9 Å². The molecule has 1 amide bonds. The maximum absolute atomic E-state index is 12.9. The number of ether oxygens (including phenoxy) is 2. The van der Waals surface area contributed by atoms with E-state index in [4.69, 9.17) is 9.47 Å². The number of ketones is 1. The number of hydrogen-bond acceptors (Lipinski definition) is 5. The first-order chi connectivity index (χ1) is 16.0. The molecule has 1 N–H and O–H groups in total. The van der Waals surface area contributed by atoms with Crippen LogP contribution in [-0.4, -0.2) is 23.8 Å². The molecule has 6 heteroatoms. The minimum atomic E-state index is -0.212. The zero-order valence-electron chi connectivity index (χ0n) is 18.7. The number of amides is 1. The van der Waals surface area contributed by atoms with Crippen molar-refractivity contribution in [1.29, 1.82) is 0 Å². The quantitative estimate of drug-likeness (QED) is 0.385. The lowest BCUT2D eigenvalue weighted by atomic mass is 10.1. The van der Waals surface area contributed by atoms with Crippen molar-refractivity contribution in [1.82, 2.24) is 10.3 Å². The van der Waals surface area contributed by atoms with Crippen LogP contribution in [0.1, 0.15) is 38.8 Å². The number of nitrogens with one attached hydrogen (secondary N) is 1. The van der Waals surface area contributed by atoms with Gasteiger partial charge in [-0.3, -0.25) is 14.6 Å². The molecule has 0 radical (unpaired) electrons. The lowest BCUT2D eigenvalue weighted by molar-refractivity contribution is 0.0949. The Labute approximate surface area is 192 Å². The molecule has 1 heterocycles. The molecular formula is C27H24N2O4.